The van der Waals surface area contributed by atoms with Crippen molar-refractivity contribution in [3.63, 3.8) is 0 Å². The van der Waals surface area contributed by atoms with Crippen LogP contribution in [0.4, 0.5) is 5.69 Å². The van der Waals surface area contributed by atoms with E-state index in [9.17, 15) is 4.21 Å². The van der Waals surface area contributed by atoms with Crippen molar-refractivity contribution >= 4 is 34.3 Å². The molecule has 14 heavy (non-hydrogen) atoms. The van der Waals surface area contributed by atoms with Crippen molar-refractivity contribution in [3.8, 4) is 0 Å². The van der Waals surface area contributed by atoms with Crippen molar-refractivity contribution < 1.29 is 8.76 Å². The van der Waals surface area contributed by atoms with Gasteiger partial charge in [-0.1, -0.05) is 17.7 Å². The van der Waals surface area contributed by atoms with E-state index in [1.165, 1.54) is 0 Å². The van der Waals surface area contributed by atoms with Crippen molar-refractivity contribution in [2.45, 2.75) is 6.92 Å². The van der Waals surface area contributed by atoms with E-state index < -0.39 is 11.3 Å². The van der Waals surface area contributed by atoms with E-state index in [4.69, 9.17) is 10.3 Å². The van der Waals surface area contributed by atoms with Gasteiger partial charge < -0.3 is 5.73 Å². The fraction of sp³-hybridized carbons (Fsp3) is 0.125. The molecule has 6 heteroatoms. The molecular formula is C8H10N2O2S2. The molecule has 0 aliphatic carbocycles. The molecule has 0 fully saturated rings. The van der Waals surface area contributed by atoms with E-state index in [0.29, 0.717) is 5.69 Å². The molecule has 0 heterocycles. The largest absolute Gasteiger partial charge is 0.375 e. The fourth-order valence-corrected chi connectivity index (χ4v) is 1.73. The number of hydrogen-bond donors (Lipinski definition) is 2. The van der Waals surface area contributed by atoms with Crippen molar-refractivity contribution in [1.29, 1.82) is 0 Å². The smallest absolute Gasteiger partial charge is 0.268 e. The molecule has 1 rings (SSSR count). The minimum atomic E-state index is -2.22. The van der Waals surface area contributed by atoms with Crippen LogP contribution >= 0.6 is 12.2 Å². The molecule has 0 bridgehead atoms. The predicted octanol–water partition coefficient (Wildman–Crippen LogP) is 1.18. The Kier molecular flexibility index (Phi) is 3.56. The van der Waals surface area contributed by atoms with Gasteiger partial charge in [-0.3, -0.25) is 4.55 Å². The molecule has 1 aromatic rings. The summed E-state index contributed by atoms with van der Waals surface area (Å²) in [7, 11) is 0. The van der Waals surface area contributed by atoms with E-state index in [1.807, 2.05) is 19.1 Å². The lowest BCUT2D eigenvalue weighted by atomic mass is 10.2. The van der Waals surface area contributed by atoms with Crippen LogP contribution < -0.4 is 10.0 Å². The second-order valence-corrected chi connectivity index (χ2v) is 3.94. The van der Waals surface area contributed by atoms with Gasteiger partial charge in [-0.2, -0.15) is 0 Å². The van der Waals surface area contributed by atoms with Gasteiger partial charge >= 0.3 is 0 Å². The van der Waals surface area contributed by atoms with Gasteiger partial charge in [0, 0.05) is 0 Å². The number of benzene rings is 1. The van der Waals surface area contributed by atoms with Gasteiger partial charge in [-0.15, -0.1) is 0 Å². The summed E-state index contributed by atoms with van der Waals surface area (Å²) in [5, 5.41) is -0.130. The number of thiocarbonyl (C=S) groups is 1. The van der Waals surface area contributed by atoms with Crippen LogP contribution in [0.5, 0.6) is 0 Å². The Morgan fingerprint density at radius 3 is 2.36 bits per heavy atom. The molecule has 0 aliphatic heterocycles. The Morgan fingerprint density at radius 1 is 1.50 bits per heavy atom. The second-order valence-electron chi connectivity index (χ2n) is 2.70. The van der Waals surface area contributed by atoms with Gasteiger partial charge in [-0.25, -0.2) is 8.51 Å². The van der Waals surface area contributed by atoms with Crippen LogP contribution in [-0.4, -0.2) is 13.9 Å². The van der Waals surface area contributed by atoms with E-state index in [1.54, 1.807) is 12.1 Å². The highest BCUT2D eigenvalue weighted by atomic mass is 32.2. The van der Waals surface area contributed by atoms with Gasteiger partial charge in [0.1, 0.15) is 0 Å². The van der Waals surface area contributed by atoms with Crippen molar-refractivity contribution in [1.82, 2.24) is 0 Å². The van der Waals surface area contributed by atoms with Crippen LogP contribution in [0, 0.1) is 6.92 Å². The minimum Gasteiger partial charge on any atom is -0.375 e. The molecular weight excluding hydrogens is 220 g/mol. The molecule has 0 aromatic heterocycles. The monoisotopic (exact) mass is 230 g/mol. The third-order valence-corrected chi connectivity index (χ3v) is 2.64. The molecule has 3 N–H and O–H groups in total. The van der Waals surface area contributed by atoms with E-state index >= 15 is 0 Å². The zero-order valence-corrected chi connectivity index (χ0v) is 9.14. The summed E-state index contributed by atoms with van der Waals surface area (Å²) < 4.78 is 20.8. The standard InChI is InChI=1S/C8H10N2O2S2/c1-6-2-4-7(5-3-6)10(8(9)13)14(11)12/h2-5H,1H3,(H2,9,13)(H,11,12). The molecule has 0 saturated heterocycles. The van der Waals surface area contributed by atoms with Crippen LogP contribution in [0.15, 0.2) is 24.3 Å². The molecule has 1 atom stereocenters. The summed E-state index contributed by atoms with van der Waals surface area (Å²) >= 11 is 2.43. The van der Waals surface area contributed by atoms with Crippen LogP contribution in [-0.2, 0) is 11.3 Å². The Morgan fingerprint density at radius 2 is 2.00 bits per heavy atom. The average Bonchev–Trinajstić information content (AvgIpc) is 2.07. The summed E-state index contributed by atoms with van der Waals surface area (Å²) in [5.41, 5.74) is 6.87. The van der Waals surface area contributed by atoms with E-state index in [2.05, 4.69) is 12.2 Å². The Labute approximate surface area is 90.1 Å². The van der Waals surface area contributed by atoms with Crippen LogP contribution in [0.2, 0.25) is 0 Å². The van der Waals surface area contributed by atoms with E-state index in [0.717, 1.165) is 9.87 Å². The third-order valence-electron chi connectivity index (χ3n) is 1.62. The number of anilines is 1. The topological polar surface area (TPSA) is 66.6 Å². The molecule has 1 unspecified atom stereocenters. The maximum absolute atomic E-state index is 10.9. The number of rotatable bonds is 2. The molecule has 1 aromatic carbocycles. The molecule has 0 aliphatic rings. The second kappa shape index (κ2) is 4.50. The van der Waals surface area contributed by atoms with Crippen molar-refractivity contribution in [2.75, 3.05) is 4.31 Å². The summed E-state index contributed by atoms with van der Waals surface area (Å²) in [6.07, 6.45) is 0. The molecule has 0 radical (unpaired) electrons. The first kappa shape index (κ1) is 11.1. The lowest BCUT2D eigenvalue weighted by Crippen LogP contribution is -2.36. The Bertz CT molecular complexity index is 350. The quantitative estimate of drug-likeness (QED) is 0.591. The number of nitrogens with zero attached hydrogens (tertiary/aromatic N) is 1. The predicted molar refractivity (Wildman–Crippen MR) is 61.2 cm³/mol. The Hall–Kier alpha value is -0.980. The summed E-state index contributed by atoms with van der Waals surface area (Å²) in [5.74, 6) is 0. The number of nitrogens with two attached hydrogens (primary N) is 1. The Balaban J connectivity index is 3.06. The molecule has 0 saturated carbocycles. The van der Waals surface area contributed by atoms with Gasteiger partial charge in [0.2, 0.25) is 0 Å². The lowest BCUT2D eigenvalue weighted by Gasteiger charge is -2.17. The first-order valence-corrected chi connectivity index (χ1v) is 5.27. The highest BCUT2D eigenvalue weighted by Gasteiger charge is 2.14. The van der Waals surface area contributed by atoms with Crippen molar-refractivity contribution in [3.05, 3.63) is 29.8 Å². The summed E-state index contributed by atoms with van der Waals surface area (Å²) in [6, 6.07) is 6.99. The van der Waals surface area contributed by atoms with Gasteiger partial charge in [0.25, 0.3) is 11.3 Å². The molecule has 4 nitrogen and oxygen atoms in total. The normalized spacial score (nSPS) is 12.1. The fourth-order valence-electron chi connectivity index (χ4n) is 0.975. The first-order valence-electron chi connectivity index (χ1n) is 3.79. The highest BCUT2D eigenvalue weighted by molar-refractivity contribution is 7.86. The molecule has 76 valence electrons. The summed E-state index contributed by atoms with van der Waals surface area (Å²) in [6.45, 7) is 1.92. The minimum absolute atomic E-state index is 0.130. The average molecular weight is 230 g/mol. The third kappa shape index (κ3) is 2.50. The van der Waals surface area contributed by atoms with Crippen LogP contribution in [0.1, 0.15) is 5.56 Å². The maximum atomic E-state index is 10.9. The van der Waals surface area contributed by atoms with Gasteiger partial charge in [-0.05, 0) is 31.3 Å². The van der Waals surface area contributed by atoms with E-state index in [-0.39, 0.29) is 5.11 Å². The summed E-state index contributed by atoms with van der Waals surface area (Å²) in [4.78, 5) is 0. The zero-order chi connectivity index (χ0) is 10.7. The first-order chi connectivity index (χ1) is 6.52. The zero-order valence-electron chi connectivity index (χ0n) is 7.51. The van der Waals surface area contributed by atoms with Crippen LogP contribution in [0.25, 0.3) is 0 Å². The molecule has 0 spiro atoms. The number of hydrogen-bond acceptors (Lipinski definition) is 2. The SMILES string of the molecule is Cc1ccc(N(C(N)=S)S(=O)O)cc1. The van der Waals surface area contributed by atoms with Gasteiger partial charge in [0.05, 0.1) is 5.69 Å². The van der Waals surface area contributed by atoms with Crippen LogP contribution in [0.3, 0.4) is 0 Å². The van der Waals surface area contributed by atoms with Gasteiger partial charge in [0.15, 0.2) is 5.11 Å². The lowest BCUT2D eigenvalue weighted by molar-refractivity contribution is 0.565. The van der Waals surface area contributed by atoms with Crippen molar-refractivity contribution in [2.24, 2.45) is 5.73 Å². The highest BCUT2D eigenvalue weighted by Crippen LogP contribution is 2.15. The molecule has 0 amide bonds. The maximum Gasteiger partial charge on any atom is 0.268 e. The number of aryl methyl sites for hydroxylation is 1.